The van der Waals surface area contributed by atoms with Crippen LogP contribution in [0.5, 0.6) is 0 Å². The number of nitrogens with two attached hydrogens (primary N) is 1. The number of nitrogens with zero attached hydrogens (tertiary/aromatic N) is 1. The third-order valence-corrected chi connectivity index (χ3v) is 3.93. The van der Waals surface area contributed by atoms with Gasteiger partial charge in [-0.2, -0.15) is 0 Å². The first-order valence-electron chi connectivity index (χ1n) is 6.48. The molecule has 3 rings (SSSR count). The Labute approximate surface area is 107 Å². The van der Waals surface area contributed by atoms with E-state index in [1.54, 1.807) is 0 Å². The standard InChI is InChI=1S/C14H19N3O/c1-8-5-9(2)12-11(6-8)16-14(18)13(12)17-4-3-10(15)7-17/h5-6,10,13H,3-4,7,15H2,1-2H3,(H,16,18). The van der Waals surface area contributed by atoms with Gasteiger partial charge in [0.2, 0.25) is 5.91 Å². The number of hydrogen-bond acceptors (Lipinski definition) is 3. The van der Waals surface area contributed by atoms with Crippen LogP contribution < -0.4 is 11.1 Å². The zero-order chi connectivity index (χ0) is 12.9. The summed E-state index contributed by atoms with van der Waals surface area (Å²) in [6, 6.07) is 4.25. The molecule has 1 aromatic carbocycles. The largest absolute Gasteiger partial charge is 0.326 e. The van der Waals surface area contributed by atoms with Gasteiger partial charge in [-0.25, -0.2) is 0 Å². The summed E-state index contributed by atoms with van der Waals surface area (Å²) < 4.78 is 0. The van der Waals surface area contributed by atoms with Gasteiger partial charge < -0.3 is 11.1 Å². The average Bonchev–Trinajstić information content (AvgIpc) is 2.81. The molecule has 2 aliphatic heterocycles. The van der Waals surface area contributed by atoms with E-state index in [0.29, 0.717) is 0 Å². The Morgan fingerprint density at radius 2 is 2.17 bits per heavy atom. The lowest BCUT2D eigenvalue weighted by Gasteiger charge is -2.23. The van der Waals surface area contributed by atoms with Crippen molar-refractivity contribution in [3.8, 4) is 0 Å². The fourth-order valence-corrected chi connectivity index (χ4v) is 3.18. The van der Waals surface area contributed by atoms with Crippen LogP contribution in [-0.2, 0) is 4.79 Å². The molecule has 0 radical (unpaired) electrons. The Kier molecular flexibility index (Phi) is 2.64. The minimum atomic E-state index is -0.144. The van der Waals surface area contributed by atoms with Gasteiger partial charge in [0.05, 0.1) is 0 Å². The molecule has 0 aromatic heterocycles. The molecule has 1 saturated heterocycles. The normalized spacial score (nSPS) is 27.4. The molecule has 0 saturated carbocycles. The Morgan fingerprint density at radius 1 is 1.39 bits per heavy atom. The number of aryl methyl sites for hydroxylation is 2. The Hall–Kier alpha value is -1.39. The van der Waals surface area contributed by atoms with Gasteiger partial charge in [0, 0.05) is 30.4 Å². The van der Waals surface area contributed by atoms with Crippen molar-refractivity contribution in [3.63, 3.8) is 0 Å². The number of likely N-dealkylation sites (tertiary alicyclic amines) is 1. The van der Waals surface area contributed by atoms with E-state index in [1.165, 1.54) is 11.1 Å². The summed E-state index contributed by atoms with van der Waals surface area (Å²) in [6.07, 6.45) is 0.976. The van der Waals surface area contributed by atoms with E-state index in [9.17, 15) is 4.79 Å². The van der Waals surface area contributed by atoms with Crippen LogP contribution in [0.2, 0.25) is 0 Å². The van der Waals surface area contributed by atoms with Gasteiger partial charge >= 0.3 is 0 Å². The summed E-state index contributed by atoms with van der Waals surface area (Å²) in [5.74, 6) is 0.0906. The van der Waals surface area contributed by atoms with E-state index in [2.05, 4.69) is 36.2 Å². The third kappa shape index (κ3) is 1.72. The zero-order valence-electron chi connectivity index (χ0n) is 10.9. The minimum Gasteiger partial charge on any atom is -0.326 e. The van der Waals surface area contributed by atoms with E-state index < -0.39 is 0 Å². The molecule has 18 heavy (non-hydrogen) atoms. The highest BCUT2D eigenvalue weighted by molar-refractivity contribution is 6.03. The van der Waals surface area contributed by atoms with Crippen LogP contribution in [-0.4, -0.2) is 29.9 Å². The molecule has 2 heterocycles. The number of hydrogen-bond donors (Lipinski definition) is 2. The third-order valence-electron chi connectivity index (χ3n) is 3.93. The highest BCUT2D eigenvalue weighted by Gasteiger charge is 2.39. The van der Waals surface area contributed by atoms with E-state index >= 15 is 0 Å². The second-order valence-electron chi connectivity index (χ2n) is 5.48. The highest BCUT2D eigenvalue weighted by Crippen LogP contribution is 2.39. The van der Waals surface area contributed by atoms with Crippen LogP contribution in [0, 0.1) is 13.8 Å². The van der Waals surface area contributed by atoms with E-state index in [-0.39, 0.29) is 18.0 Å². The summed E-state index contributed by atoms with van der Waals surface area (Å²) in [5, 5.41) is 3.00. The maximum Gasteiger partial charge on any atom is 0.246 e. The molecular weight excluding hydrogens is 226 g/mol. The van der Waals surface area contributed by atoms with Gasteiger partial charge in [0.15, 0.2) is 0 Å². The lowest BCUT2D eigenvalue weighted by molar-refractivity contribution is -0.120. The van der Waals surface area contributed by atoms with Crippen LogP contribution in [0.1, 0.15) is 29.2 Å². The highest BCUT2D eigenvalue weighted by atomic mass is 16.2. The number of carbonyl (C=O) groups excluding carboxylic acids is 1. The van der Waals surface area contributed by atoms with Gasteiger partial charge in [0.1, 0.15) is 6.04 Å². The molecule has 4 heteroatoms. The summed E-state index contributed by atoms with van der Waals surface area (Å²) in [4.78, 5) is 14.4. The first-order chi connectivity index (χ1) is 8.56. The van der Waals surface area contributed by atoms with Crippen molar-refractivity contribution in [2.24, 2.45) is 5.73 Å². The summed E-state index contributed by atoms with van der Waals surface area (Å²) >= 11 is 0. The molecule has 0 aliphatic carbocycles. The lowest BCUT2D eigenvalue weighted by Crippen LogP contribution is -2.34. The molecule has 2 aliphatic rings. The monoisotopic (exact) mass is 245 g/mol. The number of carbonyl (C=O) groups is 1. The molecule has 1 aromatic rings. The molecule has 0 bridgehead atoms. The molecule has 4 nitrogen and oxygen atoms in total. The number of anilines is 1. The fourth-order valence-electron chi connectivity index (χ4n) is 3.18. The van der Waals surface area contributed by atoms with Crippen LogP contribution in [0.3, 0.4) is 0 Å². The van der Waals surface area contributed by atoms with Crippen molar-refractivity contribution in [1.82, 2.24) is 4.90 Å². The molecule has 96 valence electrons. The van der Waals surface area contributed by atoms with Gasteiger partial charge in [-0.1, -0.05) is 6.07 Å². The summed E-state index contributed by atoms with van der Waals surface area (Å²) in [6.45, 7) is 5.85. The van der Waals surface area contributed by atoms with Crippen LogP contribution in [0.25, 0.3) is 0 Å². The summed E-state index contributed by atoms with van der Waals surface area (Å²) in [5.41, 5.74) is 10.4. The van der Waals surface area contributed by atoms with Crippen LogP contribution in [0.4, 0.5) is 5.69 Å². The molecular formula is C14H19N3O. The minimum absolute atomic E-state index is 0.0906. The predicted octanol–water partition coefficient (Wildman–Crippen LogP) is 1.33. The van der Waals surface area contributed by atoms with E-state index in [1.807, 2.05) is 0 Å². The van der Waals surface area contributed by atoms with Crippen LogP contribution >= 0.6 is 0 Å². The Morgan fingerprint density at radius 3 is 2.83 bits per heavy atom. The van der Waals surface area contributed by atoms with Crippen molar-refractivity contribution in [1.29, 1.82) is 0 Å². The summed E-state index contributed by atoms with van der Waals surface area (Å²) in [7, 11) is 0. The van der Waals surface area contributed by atoms with E-state index in [0.717, 1.165) is 30.8 Å². The molecule has 2 atom stereocenters. The maximum atomic E-state index is 12.2. The van der Waals surface area contributed by atoms with Gasteiger partial charge in [-0.3, -0.25) is 9.69 Å². The van der Waals surface area contributed by atoms with Crippen LogP contribution in [0.15, 0.2) is 12.1 Å². The smallest absolute Gasteiger partial charge is 0.246 e. The van der Waals surface area contributed by atoms with E-state index in [4.69, 9.17) is 5.73 Å². The lowest BCUT2D eigenvalue weighted by atomic mass is 9.99. The molecule has 0 spiro atoms. The fraction of sp³-hybridized carbons (Fsp3) is 0.500. The second-order valence-corrected chi connectivity index (χ2v) is 5.48. The first kappa shape index (κ1) is 11.7. The number of fused-ring (bicyclic) bond motifs is 1. The van der Waals surface area contributed by atoms with Gasteiger partial charge in [0.25, 0.3) is 0 Å². The Balaban J connectivity index is 2.01. The zero-order valence-corrected chi connectivity index (χ0v) is 10.9. The van der Waals surface area contributed by atoms with Crippen molar-refractivity contribution in [2.75, 3.05) is 18.4 Å². The average molecular weight is 245 g/mol. The quantitative estimate of drug-likeness (QED) is 0.784. The number of amides is 1. The molecule has 1 amide bonds. The van der Waals surface area contributed by atoms with Crippen molar-refractivity contribution in [2.45, 2.75) is 32.4 Å². The number of rotatable bonds is 1. The van der Waals surface area contributed by atoms with Crippen molar-refractivity contribution < 1.29 is 4.79 Å². The van der Waals surface area contributed by atoms with Crippen molar-refractivity contribution in [3.05, 3.63) is 28.8 Å². The van der Waals surface area contributed by atoms with Gasteiger partial charge in [-0.15, -0.1) is 0 Å². The molecule has 2 unspecified atom stereocenters. The topological polar surface area (TPSA) is 58.4 Å². The first-order valence-corrected chi connectivity index (χ1v) is 6.48. The van der Waals surface area contributed by atoms with Gasteiger partial charge in [-0.05, 0) is 37.5 Å². The molecule has 1 fully saturated rings. The maximum absolute atomic E-state index is 12.2. The number of benzene rings is 1. The SMILES string of the molecule is Cc1cc(C)c2c(c1)NC(=O)C2N1CCC(N)C1. The second kappa shape index (κ2) is 4.07. The Bertz CT molecular complexity index is 512. The van der Waals surface area contributed by atoms with Crippen molar-refractivity contribution >= 4 is 11.6 Å². The molecule has 3 N–H and O–H groups in total. The predicted molar refractivity (Wildman–Crippen MR) is 71.5 cm³/mol. The number of nitrogens with one attached hydrogen (secondary N) is 1.